The standard InChI is InChI=1S/C18H17BrN2O3/c1-12(22)14-7-9-15(10-8-14)20-18(24)11-21(13(2)23)17-6-4-3-5-16(17)19/h3-10H,11H2,1-2H3,(H,20,24). The quantitative estimate of drug-likeness (QED) is 0.794. The Bertz CT molecular complexity index is 772. The Kier molecular flexibility index (Phi) is 5.87. The molecule has 0 aliphatic rings. The molecular weight excluding hydrogens is 372 g/mol. The first kappa shape index (κ1) is 17.9. The summed E-state index contributed by atoms with van der Waals surface area (Å²) in [7, 11) is 0. The van der Waals surface area contributed by atoms with E-state index in [1.807, 2.05) is 12.1 Å². The Morgan fingerprint density at radius 1 is 1.00 bits per heavy atom. The molecular formula is C18H17BrN2O3. The number of rotatable bonds is 5. The molecule has 0 saturated heterocycles. The van der Waals surface area contributed by atoms with Gasteiger partial charge < -0.3 is 10.2 Å². The highest BCUT2D eigenvalue weighted by atomic mass is 79.9. The van der Waals surface area contributed by atoms with Crippen LogP contribution in [0.25, 0.3) is 0 Å². The van der Waals surface area contributed by atoms with Crippen molar-refractivity contribution in [2.45, 2.75) is 13.8 Å². The molecule has 0 aliphatic carbocycles. The molecule has 0 saturated carbocycles. The third-order valence-corrected chi connectivity index (χ3v) is 4.07. The lowest BCUT2D eigenvalue weighted by atomic mass is 10.1. The minimum absolute atomic E-state index is 0.0374. The molecule has 0 radical (unpaired) electrons. The van der Waals surface area contributed by atoms with Crippen molar-refractivity contribution in [2.75, 3.05) is 16.8 Å². The number of hydrogen-bond donors (Lipinski definition) is 1. The Hall–Kier alpha value is -2.47. The molecule has 2 rings (SSSR count). The monoisotopic (exact) mass is 388 g/mol. The Morgan fingerprint density at radius 2 is 1.62 bits per heavy atom. The van der Waals surface area contributed by atoms with Crippen molar-refractivity contribution >= 4 is 44.9 Å². The van der Waals surface area contributed by atoms with E-state index in [4.69, 9.17) is 0 Å². The number of halogens is 1. The van der Waals surface area contributed by atoms with Crippen molar-refractivity contribution < 1.29 is 14.4 Å². The molecule has 2 aromatic rings. The summed E-state index contributed by atoms with van der Waals surface area (Å²) in [5, 5.41) is 2.72. The predicted octanol–water partition coefficient (Wildman–Crippen LogP) is 3.64. The largest absolute Gasteiger partial charge is 0.325 e. The number of anilines is 2. The zero-order valence-corrected chi connectivity index (χ0v) is 15.0. The van der Waals surface area contributed by atoms with Gasteiger partial charge in [-0.3, -0.25) is 14.4 Å². The normalized spacial score (nSPS) is 10.1. The molecule has 1 N–H and O–H groups in total. The van der Waals surface area contributed by atoms with Crippen LogP contribution < -0.4 is 10.2 Å². The fourth-order valence-electron chi connectivity index (χ4n) is 2.17. The van der Waals surface area contributed by atoms with Crippen molar-refractivity contribution in [1.29, 1.82) is 0 Å². The van der Waals surface area contributed by atoms with Gasteiger partial charge in [-0.05, 0) is 59.3 Å². The van der Waals surface area contributed by atoms with E-state index in [0.717, 1.165) is 4.47 Å². The number of para-hydroxylation sites is 1. The van der Waals surface area contributed by atoms with Crippen LogP contribution in [0.1, 0.15) is 24.2 Å². The van der Waals surface area contributed by atoms with Gasteiger partial charge >= 0.3 is 0 Å². The molecule has 0 atom stereocenters. The summed E-state index contributed by atoms with van der Waals surface area (Å²) in [6.45, 7) is 2.79. The molecule has 0 fully saturated rings. The second-order valence-corrected chi connectivity index (χ2v) is 6.09. The first-order valence-electron chi connectivity index (χ1n) is 7.32. The van der Waals surface area contributed by atoms with Crippen LogP contribution in [0.15, 0.2) is 53.0 Å². The van der Waals surface area contributed by atoms with Crippen LogP contribution >= 0.6 is 15.9 Å². The number of hydrogen-bond acceptors (Lipinski definition) is 3. The summed E-state index contributed by atoms with van der Waals surface area (Å²) in [5.74, 6) is -0.593. The number of benzene rings is 2. The van der Waals surface area contributed by atoms with Gasteiger partial charge in [0.2, 0.25) is 11.8 Å². The van der Waals surface area contributed by atoms with Gasteiger partial charge in [0.05, 0.1) is 5.69 Å². The van der Waals surface area contributed by atoms with Crippen LogP contribution in [0.5, 0.6) is 0 Å². The average Bonchev–Trinajstić information content (AvgIpc) is 2.53. The summed E-state index contributed by atoms with van der Waals surface area (Å²) in [4.78, 5) is 36.8. The zero-order valence-electron chi connectivity index (χ0n) is 13.4. The summed E-state index contributed by atoms with van der Waals surface area (Å²) in [6.07, 6.45) is 0. The number of nitrogens with one attached hydrogen (secondary N) is 1. The number of Topliss-reactive ketones (excluding diaryl/α,β-unsaturated/α-hetero) is 1. The Labute approximate surface area is 148 Å². The van der Waals surface area contributed by atoms with Crippen LogP contribution in [0.3, 0.4) is 0 Å². The van der Waals surface area contributed by atoms with Crippen molar-refractivity contribution in [3.63, 3.8) is 0 Å². The van der Waals surface area contributed by atoms with E-state index in [0.29, 0.717) is 16.9 Å². The number of carbonyl (C=O) groups excluding carboxylic acids is 3. The minimum atomic E-state index is -0.323. The van der Waals surface area contributed by atoms with Gasteiger partial charge in [0.1, 0.15) is 6.54 Å². The number of nitrogens with zero attached hydrogens (tertiary/aromatic N) is 1. The number of carbonyl (C=O) groups is 3. The highest BCUT2D eigenvalue weighted by Gasteiger charge is 2.18. The molecule has 0 bridgehead atoms. The summed E-state index contributed by atoms with van der Waals surface area (Å²) in [6, 6.07) is 13.8. The minimum Gasteiger partial charge on any atom is -0.325 e. The zero-order chi connectivity index (χ0) is 17.7. The average molecular weight is 389 g/mol. The molecule has 0 heterocycles. The van der Waals surface area contributed by atoms with Gasteiger partial charge in [-0.25, -0.2) is 0 Å². The van der Waals surface area contributed by atoms with E-state index in [1.54, 1.807) is 36.4 Å². The fraction of sp³-hybridized carbons (Fsp3) is 0.167. The molecule has 0 unspecified atom stereocenters. The molecule has 6 heteroatoms. The maximum atomic E-state index is 12.2. The van der Waals surface area contributed by atoms with Gasteiger partial charge in [0.25, 0.3) is 0 Å². The van der Waals surface area contributed by atoms with Crippen LogP contribution in [0.4, 0.5) is 11.4 Å². The van der Waals surface area contributed by atoms with Crippen LogP contribution in [0, 0.1) is 0 Å². The molecule has 0 aliphatic heterocycles. The maximum absolute atomic E-state index is 12.2. The SMILES string of the molecule is CC(=O)c1ccc(NC(=O)CN(C(C)=O)c2ccccc2Br)cc1. The molecule has 2 aromatic carbocycles. The summed E-state index contributed by atoms with van der Waals surface area (Å²) < 4.78 is 0.735. The number of amides is 2. The molecule has 0 aromatic heterocycles. The third-order valence-electron chi connectivity index (χ3n) is 3.40. The van der Waals surface area contributed by atoms with Crippen molar-refractivity contribution in [3.05, 3.63) is 58.6 Å². The third kappa shape index (κ3) is 4.52. The lowest BCUT2D eigenvalue weighted by Gasteiger charge is -2.22. The van der Waals surface area contributed by atoms with Crippen molar-refractivity contribution in [1.82, 2.24) is 0 Å². The van der Waals surface area contributed by atoms with Crippen LogP contribution in [0.2, 0.25) is 0 Å². The van der Waals surface area contributed by atoms with E-state index in [-0.39, 0.29) is 24.1 Å². The summed E-state index contributed by atoms with van der Waals surface area (Å²) in [5.41, 5.74) is 1.78. The second-order valence-electron chi connectivity index (χ2n) is 5.24. The van der Waals surface area contributed by atoms with Crippen LogP contribution in [-0.2, 0) is 9.59 Å². The molecule has 0 spiro atoms. The summed E-state index contributed by atoms with van der Waals surface area (Å²) >= 11 is 3.39. The highest BCUT2D eigenvalue weighted by Crippen LogP contribution is 2.25. The van der Waals surface area contributed by atoms with Crippen molar-refractivity contribution in [2.24, 2.45) is 0 Å². The van der Waals surface area contributed by atoms with E-state index < -0.39 is 0 Å². The molecule has 24 heavy (non-hydrogen) atoms. The van der Waals surface area contributed by atoms with Gasteiger partial charge in [-0.2, -0.15) is 0 Å². The van der Waals surface area contributed by atoms with Gasteiger partial charge in [-0.1, -0.05) is 12.1 Å². The van der Waals surface area contributed by atoms with Crippen molar-refractivity contribution in [3.8, 4) is 0 Å². The van der Waals surface area contributed by atoms with E-state index in [9.17, 15) is 14.4 Å². The number of ketones is 1. The first-order chi connectivity index (χ1) is 11.4. The molecule has 5 nitrogen and oxygen atoms in total. The predicted molar refractivity (Wildman–Crippen MR) is 97.2 cm³/mol. The Morgan fingerprint density at radius 3 is 2.17 bits per heavy atom. The molecule has 124 valence electrons. The topological polar surface area (TPSA) is 66.5 Å². The van der Waals surface area contributed by atoms with E-state index >= 15 is 0 Å². The Balaban J connectivity index is 2.10. The van der Waals surface area contributed by atoms with Gasteiger partial charge in [-0.15, -0.1) is 0 Å². The van der Waals surface area contributed by atoms with E-state index in [1.165, 1.54) is 18.7 Å². The molecule has 2 amide bonds. The first-order valence-corrected chi connectivity index (χ1v) is 8.11. The maximum Gasteiger partial charge on any atom is 0.244 e. The highest BCUT2D eigenvalue weighted by molar-refractivity contribution is 9.10. The van der Waals surface area contributed by atoms with Gasteiger partial charge in [0.15, 0.2) is 5.78 Å². The van der Waals surface area contributed by atoms with Gasteiger partial charge in [0, 0.05) is 22.6 Å². The van der Waals surface area contributed by atoms with Crippen LogP contribution in [-0.4, -0.2) is 24.1 Å². The lowest BCUT2D eigenvalue weighted by Crippen LogP contribution is -2.36. The lowest BCUT2D eigenvalue weighted by molar-refractivity contribution is -0.120. The smallest absolute Gasteiger partial charge is 0.244 e. The van der Waals surface area contributed by atoms with E-state index in [2.05, 4.69) is 21.2 Å². The fourth-order valence-corrected chi connectivity index (χ4v) is 2.67. The second kappa shape index (κ2) is 7.88.